The van der Waals surface area contributed by atoms with Crippen molar-refractivity contribution in [2.24, 2.45) is 0 Å². The molecule has 1 aliphatic rings. The van der Waals surface area contributed by atoms with Crippen molar-refractivity contribution in [3.63, 3.8) is 0 Å². The zero-order chi connectivity index (χ0) is 19.7. The number of amides is 1. The molecule has 0 radical (unpaired) electrons. The number of hydrogen-bond donors (Lipinski definition) is 1. The van der Waals surface area contributed by atoms with Gasteiger partial charge in [-0.25, -0.2) is 14.1 Å². The highest BCUT2D eigenvalue weighted by Gasteiger charge is 2.21. The number of carbonyl (C=O) groups excluding carboxylic acids is 1. The van der Waals surface area contributed by atoms with Gasteiger partial charge in [-0.15, -0.1) is 0 Å². The number of benzene rings is 1. The molecular weight excluding hydrogens is 381 g/mol. The third-order valence-electron chi connectivity index (χ3n) is 4.74. The molecule has 3 aromatic rings. The predicted molar refractivity (Wildman–Crippen MR) is 107 cm³/mol. The smallest absolute Gasteiger partial charge is 0.260 e. The Morgan fingerprint density at radius 2 is 1.86 bits per heavy atom. The van der Waals surface area contributed by atoms with Crippen molar-refractivity contribution in [3.8, 4) is 5.69 Å². The van der Waals surface area contributed by atoms with Crippen molar-refractivity contribution in [1.82, 2.24) is 14.8 Å². The van der Waals surface area contributed by atoms with E-state index < -0.39 is 0 Å². The second kappa shape index (κ2) is 7.59. The van der Waals surface area contributed by atoms with Crippen molar-refractivity contribution in [1.29, 1.82) is 0 Å². The minimum absolute atomic E-state index is 0.170. The van der Waals surface area contributed by atoms with Gasteiger partial charge in [0, 0.05) is 13.1 Å². The lowest BCUT2D eigenvalue weighted by Crippen LogP contribution is -2.19. The first-order valence-electron chi connectivity index (χ1n) is 9.06. The first-order chi connectivity index (χ1) is 13.5. The van der Waals surface area contributed by atoms with Gasteiger partial charge in [0.25, 0.3) is 5.91 Å². The summed E-state index contributed by atoms with van der Waals surface area (Å²) in [4.78, 5) is 19.4. The van der Waals surface area contributed by atoms with Gasteiger partial charge < -0.3 is 10.2 Å². The summed E-state index contributed by atoms with van der Waals surface area (Å²) in [5.41, 5.74) is 1.91. The summed E-state index contributed by atoms with van der Waals surface area (Å²) >= 11 is 6.40. The molecule has 0 saturated carbocycles. The van der Waals surface area contributed by atoms with E-state index in [1.807, 2.05) is 12.1 Å². The van der Waals surface area contributed by atoms with Crippen molar-refractivity contribution < 1.29 is 9.18 Å². The zero-order valence-corrected chi connectivity index (χ0v) is 16.1. The number of aryl methyl sites for hydroxylation is 1. The molecule has 0 unspecified atom stereocenters. The van der Waals surface area contributed by atoms with Gasteiger partial charge in [-0.05, 0) is 56.2 Å². The maximum atomic E-state index is 13.1. The van der Waals surface area contributed by atoms with Crippen LogP contribution < -0.4 is 10.2 Å². The molecule has 0 atom stereocenters. The van der Waals surface area contributed by atoms with E-state index in [0.29, 0.717) is 17.1 Å². The fourth-order valence-corrected chi connectivity index (χ4v) is 3.66. The van der Waals surface area contributed by atoms with Gasteiger partial charge in [0.1, 0.15) is 22.4 Å². The molecule has 0 aliphatic carbocycles. The number of nitrogens with zero attached hydrogens (tertiary/aromatic N) is 4. The van der Waals surface area contributed by atoms with Gasteiger partial charge >= 0.3 is 0 Å². The molecular formula is C20H19ClFN5O. The Labute approximate surface area is 166 Å². The van der Waals surface area contributed by atoms with Gasteiger partial charge in [0.2, 0.25) is 0 Å². The standard InChI is InChI=1S/C20H19ClFN5O/c1-13-18(19(21)27(25-13)16-7-4-14(22)5-8-16)20(28)24-15-6-9-17(23-12-15)26-10-2-3-11-26/h4-9,12H,2-3,10-11H2,1H3,(H,24,28). The van der Waals surface area contributed by atoms with E-state index in [-0.39, 0.29) is 22.4 Å². The van der Waals surface area contributed by atoms with Crippen LogP contribution in [-0.2, 0) is 0 Å². The van der Waals surface area contributed by atoms with E-state index in [9.17, 15) is 9.18 Å². The van der Waals surface area contributed by atoms with Gasteiger partial charge in [-0.2, -0.15) is 5.10 Å². The maximum absolute atomic E-state index is 13.1. The monoisotopic (exact) mass is 399 g/mol. The second-order valence-corrected chi connectivity index (χ2v) is 7.05. The second-order valence-electron chi connectivity index (χ2n) is 6.69. The van der Waals surface area contributed by atoms with Crippen molar-refractivity contribution in [2.45, 2.75) is 19.8 Å². The molecule has 144 valence electrons. The lowest BCUT2D eigenvalue weighted by Gasteiger charge is -2.16. The number of aromatic nitrogens is 3. The van der Waals surface area contributed by atoms with Crippen LogP contribution in [0.15, 0.2) is 42.6 Å². The Hall–Kier alpha value is -2.93. The highest BCUT2D eigenvalue weighted by molar-refractivity contribution is 6.34. The molecule has 1 saturated heterocycles. The Balaban J connectivity index is 1.54. The fourth-order valence-electron chi connectivity index (χ4n) is 3.30. The molecule has 1 fully saturated rings. The molecule has 2 aromatic heterocycles. The molecule has 0 bridgehead atoms. The number of carbonyl (C=O) groups is 1. The predicted octanol–water partition coefficient (Wildman–Crippen LogP) is 4.22. The average molecular weight is 400 g/mol. The molecule has 0 spiro atoms. The summed E-state index contributed by atoms with van der Waals surface area (Å²) in [7, 11) is 0. The highest BCUT2D eigenvalue weighted by atomic mass is 35.5. The number of anilines is 2. The first kappa shape index (κ1) is 18.4. The molecule has 6 nitrogen and oxygen atoms in total. The number of halogens is 2. The molecule has 4 rings (SSSR count). The summed E-state index contributed by atoms with van der Waals surface area (Å²) in [6.07, 6.45) is 3.99. The zero-order valence-electron chi connectivity index (χ0n) is 15.3. The largest absolute Gasteiger partial charge is 0.357 e. The average Bonchev–Trinajstić information content (AvgIpc) is 3.31. The molecule has 1 amide bonds. The number of nitrogens with one attached hydrogen (secondary N) is 1. The van der Waals surface area contributed by atoms with Crippen LogP contribution in [0.4, 0.5) is 15.9 Å². The van der Waals surface area contributed by atoms with Crippen molar-refractivity contribution >= 4 is 29.0 Å². The third-order valence-corrected chi connectivity index (χ3v) is 5.09. The summed E-state index contributed by atoms with van der Waals surface area (Å²) in [6.45, 7) is 3.72. The van der Waals surface area contributed by atoms with E-state index in [4.69, 9.17) is 11.6 Å². The van der Waals surface area contributed by atoms with Crippen LogP contribution in [0.5, 0.6) is 0 Å². The lowest BCUT2D eigenvalue weighted by atomic mass is 10.2. The Morgan fingerprint density at radius 3 is 2.50 bits per heavy atom. The van der Waals surface area contributed by atoms with Crippen LogP contribution in [0.2, 0.25) is 5.15 Å². The van der Waals surface area contributed by atoms with E-state index in [0.717, 1.165) is 18.9 Å². The van der Waals surface area contributed by atoms with Crippen LogP contribution in [0, 0.1) is 12.7 Å². The Kier molecular flexibility index (Phi) is 5.00. The van der Waals surface area contributed by atoms with E-state index in [1.54, 1.807) is 25.3 Å². The summed E-state index contributed by atoms with van der Waals surface area (Å²) in [5.74, 6) is 0.187. The van der Waals surface area contributed by atoms with Crippen molar-refractivity contribution in [3.05, 3.63) is 64.8 Å². The van der Waals surface area contributed by atoms with E-state index in [2.05, 4.69) is 20.3 Å². The van der Waals surface area contributed by atoms with E-state index >= 15 is 0 Å². The number of pyridine rings is 1. The van der Waals surface area contributed by atoms with Gasteiger partial charge in [-0.1, -0.05) is 11.6 Å². The molecule has 1 aromatic carbocycles. The Morgan fingerprint density at radius 1 is 1.14 bits per heavy atom. The summed E-state index contributed by atoms with van der Waals surface area (Å²) in [6, 6.07) is 9.46. The Bertz CT molecular complexity index is 995. The number of rotatable bonds is 4. The summed E-state index contributed by atoms with van der Waals surface area (Å²) < 4.78 is 14.6. The lowest BCUT2D eigenvalue weighted by molar-refractivity contribution is 0.102. The van der Waals surface area contributed by atoms with Crippen LogP contribution in [0.3, 0.4) is 0 Å². The molecule has 1 aliphatic heterocycles. The van der Waals surface area contributed by atoms with Crippen LogP contribution >= 0.6 is 11.6 Å². The van der Waals surface area contributed by atoms with Crippen LogP contribution in [0.25, 0.3) is 5.69 Å². The molecule has 28 heavy (non-hydrogen) atoms. The fraction of sp³-hybridized carbons (Fsp3) is 0.250. The molecule has 3 heterocycles. The minimum atomic E-state index is -0.369. The number of hydrogen-bond acceptors (Lipinski definition) is 4. The van der Waals surface area contributed by atoms with Crippen molar-refractivity contribution in [2.75, 3.05) is 23.3 Å². The first-order valence-corrected chi connectivity index (χ1v) is 9.44. The maximum Gasteiger partial charge on any atom is 0.260 e. The van der Waals surface area contributed by atoms with Gasteiger partial charge in [0.05, 0.1) is 23.3 Å². The SMILES string of the molecule is Cc1nn(-c2ccc(F)cc2)c(Cl)c1C(=O)Nc1ccc(N2CCCC2)nc1. The van der Waals surface area contributed by atoms with Gasteiger partial charge in [-0.3, -0.25) is 4.79 Å². The third kappa shape index (κ3) is 3.57. The highest BCUT2D eigenvalue weighted by Crippen LogP contribution is 2.25. The minimum Gasteiger partial charge on any atom is -0.357 e. The molecule has 8 heteroatoms. The topological polar surface area (TPSA) is 63.1 Å². The van der Waals surface area contributed by atoms with Crippen LogP contribution in [-0.4, -0.2) is 33.8 Å². The van der Waals surface area contributed by atoms with Gasteiger partial charge in [0.15, 0.2) is 0 Å². The summed E-state index contributed by atoms with van der Waals surface area (Å²) in [5, 5.41) is 7.30. The van der Waals surface area contributed by atoms with Crippen LogP contribution in [0.1, 0.15) is 28.9 Å². The normalized spacial score (nSPS) is 13.8. The van der Waals surface area contributed by atoms with E-state index in [1.165, 1.54) is 29.7 Å². The quantitative estimate of drug-likeness (QED) is 0.713. The molecule has 1 N–H and O–H groups in total.